The molecule has 1 amide bonds. The number of halogens is 2. The largest absolute Gasteiger partial charge is 0.507 e. The van der Waals surface area contributed by atoms with Gasteiger partial charge >= 0.3 is 0 Å². The number of anilines is 1. The lowest BCUT2D eigenvalue weighted by Gasteiger charge is -2.28. The first-order chi connectivity index (χ1) is 16.9. The lowest BCUT2D eigenvalue weighted by molar-refractivity contribution is -0.132. The van der Waals surface area contributed by atoms with Gasteiger partial charge in [-0.2, -0.15) is 0 Å². The third-order valence-corrected chi connectivity index (χ3v) is 6.61. The number of hydrogen-bond donors (Lipinski definition) is 1. The number of ether oxygens (including phenoxy) is 3. The monoisotopic (exact) mass is 511 g/mol. The van der Waals surface area contributed by atoms with Gasteiger partial charge in [0, 0.05) is 22.9 Å². The van der Waals surface area contributed by atoms with Gasteiger partial charge in [-0.3, -0.25) is 14.5 Å². The zero-order valence-corrected chi connectivity index (χ0v) is 20.0. The summed E-state index contributed by atoms with van der Waals surface area (Å²) in [6.45, 7) is 0.782. The number of nitrogens with zero attached hydrogens (tertiary/aromatic N) is 1. The van der Waals surface area contributed by atoms with E-state index in [-0.39, 0.29) is 21.9 Å². The molecule has 35 heavy (non-hydrogen) atoms. The topological polar surface area (TPSA) is 85.3 Å². The maximum atomic E-state index is 13.4. The van der Waals surface area contributed by atoms with Gasteiger partial charge in [-0.25, -0.2) is 0 Å². The Labute approximate surface area is 211 Å². The molecule has 2 aliphatic heterocycles. The minimum Gasteiger partial charge on any atom is -0.507 e. The molecule has 1 saturated heterocycles. The van der Waals surface area contributed by atoms with Crippen LogP contribution in [0.2, 0.25) is 10.0 Å². The summed E-state index contributed by atoms with van der Waals surface area (Å²) in [6.07, 6.45) is 0. The lowest BCUT2D eigenvalue weighted by atomic mass is 9.94. The number of Topliss-reactive ketones (excluding diaryl/α,β-unsaturated/α-hetero) is 1. The van der Waals surface area contributed by atoms with Crippen molar-refractivity contribution >= 4 is 46.3 Å². The van der Waals surface area contributed by atoms with Crippen molar-refractivity contribution < 1.29 is 28.9 Å². The highest BCUT2D eigenvalue weighted by Crippen LogP contribution is 2.46. The average Bonchev–Trinajstić information content (AvgIpc) is 3.15. The summed E-state index contributed by atoms with van der Waals surface area (Å²) in [6, 6.07) is 15.5. The fourth-order valence-electron chi connectivity index (χ4n) is 4.27. The predicted octanol–water partition coefficient (Wildman–Crippen LogP) is 5.40. The van der Waals surface area contributed by atoms with E-state index in [1.165, 1.54) is 30.2 Å². The maximum absolute atomic E-state index is 13.4. The highest BCUT2D eigenvalue weighted by Gasteiger charge is 2.48. The number of amides is 1. The number of carbonyl (C=O) groups is 2. The van der Waals surface area contributed by atoms with Gasteiger partial charge in [0.15, 0.2) is 11.5 Å². The summed E-state index contributed by atoms with van der Waals surface area (Å²) in [4.78, 5) is 28.1. The van der Waals surface area contributed by atoms with Crippen LogP contribution in [0.1, 0.15) is 17.2 Å². The zero-order chi connectivity index (χ0) is 24.7. The Morgan fingerprint density at radius 2 is 1.71 bits per heavy atom. The van der Waals surface area contributed by atoms with E-state index in [0.29, 0.717) is 46.7 Å². The molecule has 1 fully saturated rings. The van der Waals surface area contributed by atoms with E-state index in [9.17, 15) is 14.7 Å². The van der Waals surface area contributed by atoms with Crippen LogP contribution in [-0.4, -0.2) is 37.1 Å². The summed E-state index contributed by atoms with van der Waals surface area (Å²) in [7, 11) is 1.49. The molecule has 7 nitrogen and oxygen atoms in total. The second-order valence-electron chi connectivity index (χ2n) is 7.87. The quantitative estimate of drug-likeness (QED) is 0.286. The van der Waals surface area contributed by atoms with Crippen LogP contribution in [0.15, 0.2) is 66.2 Å². The molecule has 3 aromatic rings. The number of para-hydroxylation sites is 1. The van der Waals surface area contributed by atoms with Crippen LogP contribution in [0.25, 0.3) is 5.76 Å². The van der Waals surface area contributed by atoms with Crippen molar-refractivity contribution in [2.45, 2.75) is 6.04 Å². The molecule has 0 aliphatic carbocycles. The van der Waals surface area contributed by atoms with Gasteiger partial charge in [0.25, 0.3) is 11.7 Å². The molecule has 0 spiro atoms. The van der Waals surface area contributed by atoms with Crippen LogP contribution in [0.5, 0.6) is 17.2 Å². The van der Waals surface area contributed by atoms with Gasteiger partial charge in [0.1, 0.15) is 24.7 Å². The third-order valence-electron chi connectivity index (χ3n) is 5.87. The van der Waals surface area contributed by atoms with Gasteiger partial charge in [-0.15, -0.1) is 0 Å². The fourth-order valence-corrected chi connectivity index (χ4v) is 4.56. The van der Waals surface area contributed by atoms with Crippen molar-refractivity contribution in [3.63, 3.8) is 0 Å². The van der Waals surface area contributed by atoms with Crippen LogP contribution in [0.3, 0.4) is 0 Å². The van der Waals surface area contributed by atoms with Crippen LogP contribution >= 0.6 is 23.2 Å². The molecule has 2 aliphatic rings. The molecule has 178 valence electrons. The summed E-state index contributed by atoms with van der Waals surface area (Å²) in [5.41, 5.74) is 1.07. The molecule has 9 heteroatoms. The number of hydrogen-bond acceptors (Lipinski definition) is 6. The van der Waals surface area contributed by atoms with E-state index in [2.05, 4.69) is 0 Å². The second kappa shape index (κ2) is 9.17. The van der Waals surface area contributed by atoms with Crippen LogP contribution in [-0.2, 0) is 9.59 Å². The Balaban J connectivity index is 1.73. The number of methoxy groups -OCH3 is 1. The second-order valence-corrected chi connectivity index (χ2v) is 8.68. The van der Waals surface area contributed by atoms with Crippen molar-refractivity contribution in [1.82, 2.24) is 0 Å². The molecule has 0 aromatic heterocycles. The molecular weight excluding hydrogens is 493 g/mol. The molecule has 0 saturated carbocycles. The number of aliphatic hydroxyl groups is 1. The highest BCUT2D eigenvalue weighted by molar-refractivity contribution is 6.52. The van der Waals surface area contributed by atoms with Gasteiger partial charge < -0.3 is 19.3 Å². The van der Waals surface area contributed by atoms with E-state index in [1.54, 1.807) is 42.5 Å². The van der Waals surface area contributed by atoms with Gasteiger partial charge in [0.05, 0.1) is 28.8 Å². The number of ketones is 1. The Morgan fingerprint density at radius 3 is 2.46 bits per heavy atom. The van der Waals surface area contributed by atoms with Crippen molar-refractivity contribution in [1.29, 1.82) is 0 Å². The third kappa shape index (κ3) is 3.96. The SMILES string of the molecule is COc1ccccc1C1/C(=C(\O)c2ccc(Cl)c(Cl)c2)C(=O)C(=O)N1c1ccc2c(c1)OCCO2. The van der Waals surface area contributed by atoms with Crippen molar-refractivity contribution in [3.8, 4) is 17.2 Å². The molecule has 0 bridgehead atoms. The van der Waals surface area contributed by atoms with E-state index in [4.69, 9.17) is 37.4 Å². The van der Waals surface area contributed by atoms with Crippen LogP contribution < -0.4 is 19.1 Å². The van der Waals surface area contributed by atoms with Crippen molar-refractivity contribution in [2.24, 2.45) is 0 Å². The van der Waals surface area contributed by atoms with Gasteiger partial charge in [-0.05, 0) is 36.4 Å². The van der Waals surface area contributed by atoms with Crippen LogP contribution in [0, 0.1) is 0 Å². The minimum absolute atomic E-state index is 0.104. The Hall–Kier alpha value is -3.68. The van der Waals surface area contributed by atoms with Crippen molar-refractivity contribution in [3.05, 3.63) is 87.4 Å². The number of fused-ring (bicyclic) bond motifs is 1. The van der Waals surface area contributed by atoms with Gasteiger partial charge in [0.2, 0.25) is 0 Å². The molecule has 0 radical (unpaired) electrons. The lowest BCUT2D eigenvalue weighted by Crippen LogP contribution is -2.30. The number of rotatable bonds is 4. The average molecular weight is 512 g/mol. The van der Waals surface area contributed by atoms with E-state index < -0.39 is 17.7 Å². The molecule has 2 heterocycles. The fraction of sp³-hybridized carbons (Fsp3) is 0.154. The zero-order valence-electron chi connectivity index (χ0n) is 18.5. The summed E-state index contributed by atoms with van der Waals surface area (Å²) < 4.78 is 16.8. The van der Waals surface area contributed by atoms with E-state index >= 15 is 0 Å². The predicted molar refractivity (Wildman–Crippen MR) is 132 cm³/mol. The summed E-state index contributed by atoms with van der Waals surface area (Å²) >= 11 is 12.2. The first-order valence-electron chi connectivity index (χ1n) is 10.7. The minimum atomic E-state index is -0.983. The summed E-state index contributed by atoms with van der Waals surface area (Å²) in [5, 5.41) is 11.8. The Bertz CT molecular complexity index is 1390. The molecule has 5 rings (SSSR count). The Morgan fingerprint density at radius 1 is 0.971 bits per heavy atom. The first-order valence-corrected chi connectivity index (χ1v) is 11.4. The maximum Gasteiger partial charge on any atom is 0.300 e. The molecular formula is C26H19Cl2NO6. The standard InChI is InChI=1S/C26H19Cl2NO6/c1-33-19-5-3-2-4-16(19)23-22(24(30)14-6-8-17(27)18(28)12-14)25(31)26(32)29(23)15-7-9-20-21(13-15)35-11-10-34-20/h2-9,12-13,23,30H,10-11H2,1H3/b24-22+. The van der Waals surface area contributed by atoms with Crippen molar-refractivity contribution in [2.75, 3.05) is 25.2 Å². The molecule has 1 N–H and O–H groups in total. The molecule has 1 atom stereocenters. The molecule has 3 aromatic carbocycles. The summed E-state index contributed by atoms with van der Waals surface area (Å²) in [5.74, 6) is -0.585. The Kier molecular flexibility index (Phi) is 6.05. The number of carbonyl (C=O) groups excluding carboxylic acids is 2. The van der Waals surface area contributed by atoms with Crippen LogP contribution in [0.4, 0.5) is 5.69 Å². The normalized spacial score (nSPS) is 18.6. The number of benzene rings is 3. The first kappa shape index (κ1) is 23.1. The molecule has 1 unspecified atom stereocenters. The smallest absolute Gasteiger partial charge is 0.300 e. The van der Waals surface area contributed by atoms with Gasteiger partial charge in [-0.1, -0.05) is 41.4 Å². The van der Waals surface area contributed by atoms with E-state index in [0.717, 1.165) is 0 Å². The number of aliphatic hydroxyl groups excluding tert-OH is 1. The van der Waals surface area contributed by atoms with E-state index in [1.807, 2.05) is 0 Å². The highest BCUT2D eigenvalue weighted by atomic mass is 35.5.